The van der Waals surface area contributed by atoms with Crippen LogP contribution in [-0.2, 0) is 9.53 Å². The van der Waals surface area contributed by atoms with Crippen LogP contribution in [0.5, 0.6) is 0 Å². The number of carbonyl (C=O) groups excluding carboxylic acids is 1. The number of nitrogens with zero attached hydrogens (tertiary/aromatic N) is 3. The van der Waals surface area contributed by atoms with E-state index in [4.69, 9.17) is 16.3 Å². The Kier molecular flexibility index (Phi) is 4.29. The van der Waals surface area contributed by atoms with E-state index >= 15 is 0 Å². The maximum absolute atomic E-state index is 12.7. The number of rotatable bonds is 5. The molecule has 1 saturated heterocycles. The van der Waals surface area contributed by atoms with Crippen molar-refractivity contribution in [1.82, 2.24) is 14.3 Å². The lowest BCUT2D eigenvalue weighted by Gasteiger charge is -2.23. The zero-order valence-corrected chi connectivity index (χ0v) is 14.2. The van der Waals surface area contributed by atoms with Gasteiger partial charge in [-0.3, -0.25) is 9.20 Å². The van der Waals surface area contributed by atoms with Crippen LogP contribution in [0.25, 0.3) is 11.7 Å². The number of carbonyl (C=O) groups is 1. The first-order valence-electron chi connectivity index (χ1n) is 8.41. The second kappa shape index (κ2) is 6.57. The Morgan fingerprint density at radius 3 is 3.04 bits per heavy atom. The highest BCUT2D eigenvalue weighted by molar-refractivity contribution is 6.31. The molecule has 2 aromatic rings. The summed E-state index contributed by atoms with van der Waals surface area (Å²) in [4.78, 5) is 19.0. The molecule has 5 nitrogen and oxygen atoms in total. The summed E-state index contributed by atoms with van der Waals surface area (Å²) in [5.74, 6) is 0.508. The van der Waals surface area contributed by atoms with Crippen LogP contribution in [0, 0.1) is 5.92 Å². The van der Waals surface area contributed by atoms with Crippen LogP contribution in [-0.4, -0.2) is 46.0 Å². The number of ether oxygens (including phenoxy) is 1. The summed E-state index contributed by atoms with van der Waals surface area (Å²) in [5.41, 5.74) is 1.51. The van der Waals surface area contributed by atoms with Crippen LogP contribution >= 0.6 is 11.6 Å². The average molecular weight is 346 g/mol. The fourth-order valence-corrected chi connectivity index (χ4v) is 3.43. The first-order chi connectivity index (χ1) is 11.7. The number of imidazole rings is 1. The van der Waals surface area contributed by atoms with E-state index in [1.54, 1.807) is 12.2 Å². The molecule has 0 radical (unpaired) electrons. The Balaban J connectivity index is 1.52. The van der Waals surface area contributed by atoms with Gasteiger partial charge in [-0.15, -0.1) is 0 Å². The number of hydrogen-bond acceptors (Lipinski definition) is 3. The molecule has 24 heavy (non-hydrogen) atoms. The molecule has 1 aliphatic heterocycles. The fourth-order valence-electron chi connectivity index (χ4n) is 3.19. The van der Waals surface area contributed by atoms with Crippen molar-refractivity contribution in [3.8, 4) is 0 Å². The molecule has 1 atom stereocenters. The number of pyridine rings is 1. The third-order valence-corrected chi connectivity index (χ3v) is 4.93. The molecular formula is C18H20ClN3O2. The van der Waals surface area contributed by atoms with Crippen LogP contribution in [0.4, 0.5) is 0 Å². The van der Waals surface area contributed by atoms with Gasteiger partial charge in [0.1, 0.15) is 5.65 Å². The Morgan fingerprint density at radius 2 is 2.29 bits per heavy atom. The minimum atomic E-state index is 0.0475. The summed E-state index contributed by atoms with van der Waals surface area (Å²) < 4.78 is 7.32. The zero-order chi connectivity index (χ0) is 16.5. The van der Waals surface area contributed by atoms with Crippen LogP contribution in [0.1, 0.15) is 25.0 Å². The second-order valence-electron chi connectivity index (χ2n) is 6.50. The van der Waals surface area contributed by atoms with Crippen molar-refractivity contribution in [3.05, 3.63) is 41.3 Å². The summed E-state index contributed by atoms with van der Waals surface area (Å²) in [5, 5.41) is 0.410. The molecule has 4 rings (SSSR count). The van der Waals surface area contributed by atoms with Gasteiger partial charge in [-0.1, -0.05) is 17.7 Å². The summed E-state index contributed by atoms with van der Waals surface area (Å²) in [6, 6.07) is 6.11. The van der Waals surface area contributed by atoms with Gasteiger partial charge in [0.15, 0.2) is 5.15 Å². The first kappa shape index (κ1) is 15.7. The molecule has 2 aromatic heterocycles. The Morgan fingerprint density at radius 1 is 1.42 bits per heavy atom. The molecular weight excluding hydrogens is 326 g/mol. The minimum Gasteiger partial charge on any atom is -0.381 e. The fraction of sp³-hybridized carbons (Fsp3) is 0.444. The van der Waals surface area contributed by atoms with Crippen molar-refractivity contribution in [2.75, 3.05) is 19.8 Å². The van der Waals surface area contributed by atoms with Gasteiger partial charge in [0.05, 0.1) is 12.3 Å². The molecule has 3 heterocycles. The first-order valence-corrected chi connectivity index (χ1v) is 8.79. The van der Waals surface area contributed by atoms with Crippen LogP contribution < -0.4 is 0 Å². The van der Waals surface area contributed by atoms with Crippen molar-refractivity contribution >= 4 is 29.2 Å². The number of amides is 1. The van der Waals surface area contributed by atoms with Gasteiger partial charge in [-0.05, 0) is 37.5 Å². The average Bonchev–Trinajstić information content (AvgIpc) is 3.19. The molecule has 2 aliphatic rings. The van der Waals surface area contributed by atoms with Crippen molar-refractivity contribution in [3.63, 3.8) is 0 Å². The largest absolute Gasteiger partial charge is 0.381 e. The highest BCUT2D eigenvalue weighted by Crippen LogP contribution is 2.29. The molecule has 0 aromatic carbocycles. The molecule has 6 heteroatoms. The molecule has 0 N–H and O–H groups in total. The van der Waals surface area contributed by atoms with Gasteiger partial charge in [-0.2, -0.15) is 0 Å². The number of aromatic nitrogens is 2. The summed E-state index contributed by atoms with van der Waals surface area (Å²) in [7, 11) is 0. The lowest BCUT2D eigenvalue weighted by atomic mass is 10.1. The molecule has 0 unspecified atom stereocenters. The molecule has 1 aliphatic carbocycles. The molecule has 0 bridgehead atoms. The van der Waals surface area contributed by atoms with Crippen molar-refractivity contribution in [2.24, 2.45) is 5.92 Å². The van der Waals surface area contributed by atoms with E-state index in [1.165, 1.54) is 0 Å². The van der Waals surface area contributed by atoms with Gasteiger partial charge in [0, 0.05) is 37.4 Å². The van der Waals surface area contributed by atoms with Gasteiger partial charge in [0.25, 0.3) is 0 Å². The normalized spacial score (nSPS) is 21.0. The third-order valence-electron chi connectivity index (χ3n) is 4.66. The maximum Gasteiger partial charge on any atom is 0.246 e. The van der Waals surface area contributed by atoms with Gasteiger partial charge in [0.2, 0.25) is 5.91 Å². The highest BCUT2D eigenvalue weighted by Gasteiger charge is 2.33. The standard InChI is InChI=1S/C18H20ClN3O2/c19-18-15(21-9-2-1-3-16(21)20-18)6-7-17(23)22(14-4-5-14)11-13-8-10-24-12-13/h1-3,6-7,9,13-14H,4-5,8,10-12H2/b7-6+/t13-/m1/s1. The monoisotopic (exact) mass is 345 g/mol. The van der Waals surface area contributed by atoms with Gasteiger partial charge in [-0.25, -0.2) is 4.98 Å². The zero-order valence-electron chi connectivity index (χ0n) is 13.4. The van der Waals surface area contributed by atoms with Crippen molar-refractivity contribution in [2.45, 2.75) is 25.3 Å². The molecule has 2 fully saturated rings. The van der Waals surface area contributed by atoms with Crippen molar-refractivity contribution in [1.29, 1.82) is 0 Å². The van der Waals surface area contributed by atoms with Gasteiger partial charge >= 0.3 is 0 Å². The van der Waals surface area contributed by atoms with E-state index < -0.39 is 0 Å². The quantitative estimate of drug-likeness (QED) is 0.782. The smallest absolute Gasteiger partial charge is 0.246 e. The van der Waals surface area contributed by atoms with Gasteiger partial charge < -0.3 is 9.64 Å². The maximum atomic E-state index is 12.7. The SMILES string of the molecule is O=C(/C=C/c1c(Cl)nc2ccccn12)N(C[C@H]1CCOC1)C1CC1. The number of halogens is 1. The Hall–Kier alpha value is -1.85. The topological polar surface area (TPSA) is 46.8 Å². The molecule has 126 valence electrons. The van der Waals surface area contributed by atoms with Crippen molar-refractivity contribution < 1.29 is 9.53 Å². The predicted molar refractivity (Wildman–Crippen MR) is 92.9 cm³/mol. The lowest BCUT2D eigenvalue weighted by Crippen LogP contribution is -2.36. The summed E-state index contributed by atoms with van der Waals surface area (Å²) >= 11 is 6.22. The van der Waals surface area contributed by atoms with E-state index in [0.29, 0.717) is 17.1 Å². The van der Waals surface area contributed by atoms with E-state index in [2.05, 4.69) is 4.98 Å². The van der Waals surface area contributed by atoms with Crippen LogP contribution in [0.3, 0.4) is 0 Å². The minimum absolute atomic E-state index is 0.0475. The molecule has 1 saturated carbocycles. The number of hydrogen-bond donors (Lipinski definition) is 0. The Labute approximate surface area is 145 Å². The predicted octanol–water partition coefficient (Wildman–Crippen LogP) is 3.03. The lowest BCUT2D eigenvalue weighted by molar-refractivity contribution is -0.127. The van der Waals surface area contributed by atoms with E-state index in [-0.39, 0.29) is 5.91 Å². The van der Waals surface area contributed by atoms with E-state index in [0.717, 1.165) is 50.4 Å². The molecule has 0 spiro atoms. The second-order valence-corrected chi connectivity index (χ2v) is 6.86. The highest BCUT2D eigenvalue weighted by atomic mass is 35.5. The summed E-state index contributed by atoms with van der Waals surface area (Å²) in [6.45, 7) is 2.36. The number of fused-ring (bicyclic) bond motifs is 1. The Bertz CT molecular complexity index is 776. The van der Waals surface area contributed by atoms with E-state index in [9.17, 15) is 4.79 Å². The third kappa shape index (κ3) is 3.19. The summed E-state index contributed by atoms with van der Waals surface area (Å²) in [6.07, 6.45) is 8.53. The van der Waals surface area contributed by atoms with E-state index in [1.807, 2.05) is 33.7 Å². The van der Waals surface area contributed by atoms with Crippen LogP contribution in [0.2, 0.25) is 5.15 Å². The van der Waals surface area contributed by atoms with Crippen LogP contribution in [0.15, 0.2) is 30.5 Å². The molecule has 1 amide bonds.